The molecule has 3 rings (SSSR count). The van der Waals surface area contributed by atoms with Crippen LogP contribution in [0.1, 0.15) is 44.6 Å². The van der Waals surface area contributed by atoms with E-state index in [0.29, 0.717) is 0 Å². The van der Waals surface area contributed by atoms with E-state index in [4.69, 9.17) is 4.98 Å². The first-order valence-corrected chi connectivity index (χ1v) is 8.10. The summed E-state index contributed by atoms with van der Waals surface area (Å²) >= 11 is 0. The van der Waals surface area contributed by atoms with E-state index in [1.165, 1.54) is 44.2 Å². The molecule has 1 aliphatic heterocycles. The van der Waals surface area contributed by atoms with Crippen molar-refractivity contribution >= 4 is 11.8 Å². The molecule has 4 nitrogen and oxygen atoms in total. The molecule has 2 atom stereocenters. The van der Waals surface area contributed by atoms with Gasteiger partial charge in [-0.05, 0) is 38.5 Å². The van der Waals surface area contributed by atoms with Crippen molar-refractivity contribution in [3.8, 4) is 0 Å². The van der Waals surface area contributed by atoms with Gasteiger partial charge < -0.3 is 10.2 Å². The van der Waals surface area contributed by atoms with E-state index < -0.39 is 0 Å². The molecule has 1 saturated carbocycles. The zero-order valence-corrected chi connectivity index (χ0v) is 12.7. The Morgan fingerprint density at radius 2 is 2.05 bits per heavy atom. The molecule has 110 valence electrons. The monoisotopic (exact) mass is 274 g/mol. The molecular formula is C16H26N4. The summed E-state index contributed by atoms with van der Waals surface area (Å²) in [6.45, 7) is 7.42. The molecule has 4 heteroatoms. The number of nitrogens with one attached hydrogen (secondary N) is 1. The lowest BCUT2D eigenvalue weighted by Gasteiger charge is -2.42. The number of piperidine rings is 1. The van der Waals surface area contributed by atoms with Crippen LogP contribution in [-0.2, 0) is 0 Å². The van der Waals surface area contributed by atoms with Crippen molar-refractivity contribution in [1.29, 1.82) is 0 Å². The third kappa shape index (κ3) is 2.74. The molecule has 2 unspecified atom stereocenters. The van der Waals surface area contributed by atoms with Gasteiger partial charge in [-0.15, -0.1) is 0 Å². The second-order valence-corrected chi connectivity index (χ2v) is 6.27. The quantitative estimate of drug-likeness (QED) is 0.918. The van der Waals surface area contributed by atoms with Crippen molar-refractivity contribution in [1.82, 2.24) is 9.97 Å². The third-order valence-corrected chi connectivity index (χ3v) is 4.87. The van der Waals surface area contributed by atoms with Crippen LogP contribution in [0.25, 0.3) is 0 Å². The SMILES string of the molecule is CCNc1ncc(C)c(N2CCC3CCCCC3C2)n1. The van der Waals surface area contributed by atoms with Crippen molar-refractivity contribution in [2.24, 2.45) is 11.8 Å². The number of rotatable bonds is 3. The van der Waals surface area contributed by atoms with E-state index in [2.05, 4.69) is 29.0 Å². The lowest BCUT2D eigenvalue weighted by atomic mass is 9.75. The molecule has 0 amide bonds. The molecule has 1 N–H and O–H groups in total. The van der Waals surface area contributed by atoms with Crippen LogP contribution in [0.3, 0.4) is 0 Å². The first-order chi connectivity index (χ1) is 9.78. The molecular weight excluding hydrogens is 248 g/mol. The van der Waals surface area contributed by atoms with Gasteiger partial charge in [0, 0.05) is 31.4 Å². The van der Waals surface area contributed by atoms with E-state index in [1.807, 2.05) is 6.20 Å². The van der Waals surface area contributed by atoms with E-state index in [-0.39, 0.29) is 0 Å². The van der Waals surface area contributed by atoms with Crippen molar-refractivity contribution in [3.05, 3.63) is 11.8 Å². The number of aryl methyl sites for hydroxylation is 1. The highest BCUT2D eigenvalue weighted by Crippen LogP contribution is 2.37. The summed E-state index contributed by atoms with van der Waals surface area (Å²) < 4.78 is 0. The number of hydrogen-bond donors (Lipinski definition) is 1. The standard InChI is InChI=1S/C16H26N4/c1-3-17-16-18-10-12(2)15(19-16)20-9-8-13-6-4-5-7-14(13)11-20/h10,13-14H,3-9,11H2,1-2H3,(H,17,18,19). The second kappa shape index (κ2) is 5.98. The molecule has 20 heavy (non-hydrogen) atoms. The molecule has 0 aromatic carbocycles. The Bertz CT molecular complexity index is 460. The van der Waals surface area contributed by atoms with Crippen molar-refractivity contribution in [2.75, 3.05) is 29.9 Å². The average Bonchev–Trinajstić information content (AvgIpc) is 2.49. The minimum Gasteiger partial charge on any atom is -0.356 e. The van der Waals surface area contributed by atoms with Gasteiger partial charge in [0.15, 0.2) is 0 Å². The van der Waals surface area contributed by atoms with E-state index in [0.717, 1.165) is 36.7 Å². The normalized spacial score (nSPS) is 26.2. The summed E-state index contributed by atoms with van der Waals surface area (Å²) in [5, 5.41) is 3.22. The highest BCUT2D eigenvalue weighted by Gasteiger charge is 2.32. The molecule has 0 bridgehead atoms. The van der Waals surface area contributed by atoms with Crippen LogP contribution in [-0.4, -0.2) is 29.6 Å². The fraction of sp³-hybridized carbons (Fsp3) is 0.750. The topological polar surface area (TPSA) is 41.1 Å². The van der Waals surface area contributed by atoms with Crippen LogP contribution in [0, 0.1) is 18.8 Å². The summed E-state index contributed by atoms with van der Waals surface area (Å²) in [7, 11) is 0. The Kier molecular flexibility index (Phi) is 4.08. The van der Waals surface area contributed by atoms with Gasteiger partial charge in [0.05, 0.1) is 0 Å². The summed E-state index contributed by atoms with van der Waals surface area (Å²) in [5.41, 5.74) is 1.20. The van der Waals surface area contributed by atoms with E-state index >= 15 is 0 Å². The number of aromatic nitrogens is 2. The number of hydrogen-bond acceptors (Lipinski definition) is 4. The first-order valence-electron chi connectivity index (χ1n) is 8.10. The zero-order valence-electron chi connectivity index (χ0n) is 12.7. The van der Waals surface area contributed by atoms with Crippen LogP contribution in [0.15, 0.2) is 6.20 Å². The van der Waals surface area contributed by atoms with Gasteiger partial charge in [-0.1, -0.05) is 19.3 Å². The Labute approximate surface area is 122 Å². The smallest absolute Gasteiger partial charge is 0.224 e. The molecule has 1 aromatic rings. The average molecular weight is 274 g/mol. The summed E-state index contributed by atoms with van der Waals surface area (Å²) in [6.07, 6.45) is 9.01. The molecule has 2 heterocycles. The van der Waals surface area contributed by atoms with Gasteiger partial charge in [0.2, 0.25) is 5.95 Å². The van der Waals surface area contributed by atoms with E-state index in [9.17, 15) is 0 Å². The van der Waals surface area contributed by atoms with Gasteiger partial charge in [-0.2, -0.15) is 4.98 Å². The van der Waals surface area contributed by atoms with Gasteiger partial charge >= 0.3 is 0 Å². The fourth-order valence-corrected chi connectivity index (χ4v) is 3.79. The molecule has 0 radical (unpaired) electrons. The number of anilines is 2. The van der Waals surface area contributed by atoms with Crippen LogP contribution in [0.5, 0.6) is 0 Å². The minimum absolute atomic E-state index is 0.763. The Hall–Kier alpha value is -1.32. The highest BCUT2D eigenvalue weighted by atomic mass is 15.2. The predicted molar refractivity (Wildman–Crippen MR) is 83.2 cm³/mol. The maximum atomic E-state index is 4.73. The summed E-state index contributed by atoms with van der Waals surface area (Å²) in [5.74, 6) is 3.75. The summed E-state index contributed by atoms with van der Waals surface area (Å²) in [4.78, 5) is 11.6. The highest BCUT2D eigenvalue weighted by molar-refractivity contribution is 5.49. The van der Waals surface area contributed by atoms with Crippen molar-refractivity contribution < 1.29 is 0 Å². The lowest BCUT2D eigenvalue weighted by Crippen LogP contribution is -2.42. The van der Waals surface area contributed by atoms with Gasteiger partial charge in [0.25, 0.3) is 0 Å². The summed E-state index contributed by atoms with van der Waals surface area (Å²) in [6, 6.07) is 0. The maximum absolute atomic E-state index is 4.73. The molecule has 2 fully saturated rings. The van der Waals surface area contributed by atoms with Gasteiger partial charge in [-0.25, -0.2) is 4.98 Å². The third-order valence-electron chi connectivity index (χ3n) is 4.87. The Morgan fingerprint density at radius 1 is 1.25 bits per heavy atom. The van der Waals surface area contributed by atoms with Crippen LogP contribution >= 0.6 is 0 Å². The van der Waals surface area contributed by atoms with Crippen LogP contribution < -0.4 is 10.2 Å². The fourth-order valence-electron chi connectivity index (χ4n) is 3.79. The maximum Gasteiger partial charge on any atom is 0.224 e. The second-order valence-electron chi connectivity index (χ2n) is 6.27. The van der Waals surface area contributed by atoms with Gasteiger partial charge in [-0.3, -0.25) is 0 Å². The van der Waals surface area contributed by atoms with Crippen LogP contribution in [0.4, 0.5) is 11.8 Å². The first kappa shape index (κ1) is 13.7. The number of nitrogens with zero attached hydrogens (tertiary/aromatic N) is 3. The molecule has 0 spiro atoms. The molecule has 1 saturated heterocycles. The van der Waals surface area contributed by atoms with Crippen LogP contribution in [0.2, 0.25) is 0 Å². The zero-order chi connectivity index (χ0) is 13.9. The predicted octanol–water partition coefficient (Wildman–Crippen LogP) is 3.23. The Balaban J connectivity index is 1.76. The lowest BCUT2D eigenvalue weighted by molar-refractivity contribution is 0.202. The number of fused-ring (bicyclic) bond motifs is 1. The molecule has 1 aliphatic carbocycles. The molecule has 1 aromatic heterocycles. The van der Waals surface area contributed by atoms with Gasteiger partial charge in [0.1, 0.15) is 5.82 Å². The van der Waals surface area contributed by atoms with Crippen molar-refractivity contribution in [3.63, 3.8) is 0 Å². The van der Waals surface area contributed by atoms with Crippen molar-refractivity contribution in [2.45, 2.75) is 46.0 Å². The van der Waals surface area contributed by atoms with E-state index in [1.54, 1.807) is 0 Å². The Morgan fingerprint density at radius 3 is 2.85 bits per heavy atom. The minimum atomic E-state index is 0.763. The largest absolute Gasteiger partial charge is 0.356 e. The molecule has 2 aliphatic rings.